The number of carbonyl (C=O) groups excluding carboxylic acids is 2. The maximum Gasteiger partial charge on any atom is 0.254 e. The van der Waals surface area contributed by atoms with Crippen molar-refractivity contribution in [3.63, 3.8) is 0 Å². The van der Waals surface area contributed by atoms with Crippen LogP contribution in [0, 0.1) is 5.41 Å². The molecule has 2 atom stereocenters. The molecule has 0 unspecified atom stereocenters. The first kappa shape index (κ1) is 22.4. The van der Waals surface area contributed by atoms with E-state index in [4.69, 9.17) is 0 Å². The summed E-state index contributed by atoms with van der Waals surface area (Å²) < 4.78 is 0. The van der Waals surface area contributed by atoms with E-state index in [1.54, 1.807) is 30.3 Å². The second-order valence-electron chi connectivity index (χ2n) is 10.5. The molecule has 0 radical (unpaired) electrons. The largest absolute Gasteiger partial charge is 0.508 e. The van der Waals surface area contributed by atoms with Crippen LogP contribution in [0.2, 0.25) is 0 Å². The minimum atomic E-state index is -0.146. The number of carbonyl (C=O) groups is 2. The summed E-state index contributed by atoms with van der Waals surface area (Å²) in [4.78, 5) is 28.3. The quantitative estimate of drug-likeness (QED) is 0.525. The number of fused-ring (bicyclic) bond motifs is 4. The summed E-state index contributed by atoms with van der Waals surface area (Å²) in [5, 5.41) is 10.6. The van der Waals surface area contributed by atoms with E-state index in [0.717, 1.165) is 17.5 Å². The molecule has 4 nitrogen and oxygen atoms in total. The van der Waals surface area contributed by atoms with E-state index in [1.165, 1.54) is 5.56 Å². The average molecular weight is 454 g/mol. The van der Waals surface area contributed by atoms with Crippen LogP contribution in [-0.4, -0.2) is 34.3 Å². The number of nitrogens with zero attached hydrogens (tertiary/aromatic N) is 1. The molecule has 1 aliphatic carbocycles. The molecule has 1 aliphatic heterocycles. The first-order valence-corrected chi connectivity index (χ1v) is 12.0. The number of ketones is 1. The van der Waals surface area contributed by atoms with Gasteiger partial charge in [0, 0.05) is 35.5 Å². The predicted molar refractivity (Wildman–Crippen MR) is 133 cm³/mol. The maximum atomic E-state index is 13.6. The summed E-state index contributed by atoms with van der Waals surface area (Å²) in [6, 6.07) is 22.5. The molecule has 174 valence electrons. The van der Waals surface area contributed by atoms with Crippen LogP contribution in [0.15, 0.2) is 72.8 Å². The molecule has 1 fully saturated rings. The number of phenolic OH excluding ortho intramolecular Hbond substituents is 1. The summed E-state index contributed by atoms with van der Waals surface area (Å²) in [6.07, 6.45) is 1.83. The average Bonchev–Trinajstić information content (AvgIpc) is 2.82. The Morgan fingerprint density at radius 1 is 0.912 bits per heavy atom. The van der Waals surface area contributed by atoms with Gasteiger partial charge in [-0.05, 0) is 53.1 Å². The number of phenols is 1. The summed E-state index contributed by atoms with van der Waals surface area (Å²) >= 11 is 0. The van der Waals surface area contributed by atoms with Gasteiger partial charge in [-0.1, -0.05) is 75.4 Å². The molecule has 0 spiro atoms. The molecule has 2 bridgehead atoms. The van der Waals surface area contributed by atoms with Crippen LogP contribution in [0.1, 0.15) is 64.6 Å². The van der Waals surface area contributed by atoms with Crippen molar-refractivity contribution in [3.05, 3.63) is 101 Å². The first-order valence-electron chi connectivity index (χ1n) is 12.0. The van der Waals surface area contributed by atoms with Gasteiger partial charge in [0.25, 0.3) is 5.91 Å². The molecule has 34 heavy (non-hydrogen) atoms. The highest BCUT2D eigenvalue weighted by Gasteiger charge is 2.57. The Morgan fingerprint density at radius 3 is 2.29 bits per heavy atom. The van der Waals surface area contributed by atoms with Crippen LogP contribution in [0.3, 0.4) is 0 Å². The Hall–Kier alpha value is -3.40. The van der Waals surface area contributed by atoms with Crippen LogP contribution in [-0.2, 0) is 18.3 Å². The lowest BCUT2D eigenvalue weighted by Gasteiger charge is -2.60. The minimum Gasteiger partial charge on any atom is -0.508 e. The van der Waals surface area contributed by atoms with E-state index in [2.05, 4.69) is 26.8 Å². The van der Waals surface area contributed by atoms with E-state index in [0.29, 0.717) is 36.3 Å². The summed E-state index contributed by atoms with van der Waals surface area (Å²) in [6.45, 7) is 7.44. The number of rotatable bonds is 4. The third-order valence-electron chi connectivity index (χ3n) is 8.55. The zero-order valence-corrected chi connectivity index (χ0v) is 20.0. The molecule has 1 heterocycles. The molecule has 1 N–H and O–H groups in total. The number of aromatic hydroxyl groups is 1. The number of hydrogen-bond donors (Lipinski definition) is 1. The monoisotopic (exact) mass is 453 g/mol. The Labute approximate surface area is 201 Å². The van der Waals surface area contributed by atoms with Crippen molar-refractivity contribution < 1.29 is 14.7 Å². The van der Waals surface area contributed by atoms with Gasteiger partial charge in [0.05, 0.1) is 0 Å². The van der Waals surface area contributed by atoms with Crippen LogP contribution >= 0.6 is 0 Å². The SMILES string of the molecule is CC1(C)[C@H]2Cc3c(O)cccc3[C@]1(C)CCN2C(=O)c1ccc(C(=O)Cc2ccccc2)cc1. The van der Waals surface area contributed by atoms with Crippen LogP contribution < -0.4 is 0 Å². The molecule has 1 saturated heterocycles. The topological polar surface area (TPSA) is 57.6 Å². The molecule has 3 aromatic rings. The van der Waals surface area contributed by atoms with Crippen molar-refractivity contribution in [1.82, 2.24) is 4.90 Å². The first-order chi connectivity index (χ1) is 16.2. The van der Waals surface area contributed by atoms with Gasteiger partial charge in [0.1, 0.15) is 5.75 Å². The Bertz CT molecular complexity index is 1250. The van der Waals surface area contributed by atoms with E-state index in [9.17, 15) is 14.7 Å². The van der Waals surface area contributed by atoms with E-state index < -0.39 is 0 Å². The van der Waals surface area contributed by atoms with E-state index in [1.807, 2.05) is 41.3 Å². The highest BCUT2D eigenvalue weighted by Crippen LogP contribution is 2.57. The third-order valence-corrected chi connectivity index (χ3v) is 8.55. The number of hydrogen-bond acceptors (Lipinski definition) is 3. The van der Waals surface area contributed by atoms with Gasteiger partial charge in [-0.15, -0.1) is 0 Å². The number of benzene rings is 3. The molecular weight excluding hydrogens is 422 g/mol. The molecule has 1 amide bonds. The third kappa shape index (κ3) is 3.44. The van der Waals surface area contributed by atoms with E-state index in [-0.39, 0.29) is 28.6 Å². The molecule has 5 rings (SSSR count). The fourth-order valence-corrected chi connectivity index (χ4v) is 6.02. The summed E-state index contributed by atoms with van der Waals surface area (Å²) in [5.41, 5.74) is 4.10. The van der Waals surface area contributed by atoms with Crippen LogP contribution in [0.25, 0.3) is 0 Å². The highest BCUT2D eigenvalue weighted by molar-refractivity contribution is 5.99. The minimum absolute atomic E-state index is 0.0129. The fraction of sp³-hybridized carbons (Fsp3) is 0.333. The molecule has 4 heteroatoms. The second-order valence-corrected chi connectivity index (χ2v) is 10.5. The van der Waals surface area contributed by atoms with E-state index >= 15 is 0 Å². The molecule has 2 aliphatic rings. The summed E-state index contributed by atoms with van der Waals surface area (Å²) in [5.74, 6) is 0.347. The van der Waals surface area contributed by atoms with Crippen molar-refractivity contribution in [2.24, 2.45) is 5.41 Å². The molecule has 0 saturated carbocycles. The second kappa shape index (κ2) is 8.12. The lowest BCUT2D eigenvalue weighted by Crippen LogP contribution is -2.64. The molecular formula is C30H31NO3. The smallest absolute Gasteiger partial charge is 0.254 e. The fourth-order valence-electron chi connectivity index (χ4n) is 6.02. The number of likely N-dealkylation sites (tertiary alicyclic amines) is 1. The Balaban J connectivity index is 1.39. The maximum absolute atomic E-state index is 13.6. The van der Waals surface area contributed by atoms with Gasteiger partial charge in [-0.3, -0.25) is 9.59 Å². The van der Waals surface area contributed by atoms with Crippen molar-refractivity contribution in [2.45, 2.75) is 51.5 Å². The normalized spacial score (nSPS) is 22.7. The van der Waals surface area contributed by atoms with Gasteiger partial charge in [-0.2, -0.15) is 0 Å². The highest BCUT2D eigenvalue weighted by atomic mass is 16.3. The molecule has 3 aromatic carbocycles. The number of amides is 1. The van der Waals surface area contributed by atoms with Gasteiger partial charge >= 0.3 is 0 Å². The Kier molecular flexibility index (Phi) is 5.35. The molecule has 0 aromatic heterocycles. The zero-order valence-electron chi connectivity index (χ0n) is 20.0. The van der Waals surface area contributed by atoms with Crippen molar-refractivity contribution in [1.29, 1.82) is 0 Å². The van der Waals surface area contributed by atoms with Crippen molar-refractivity contribution in [2.75, 3.05) is 6.54 Å². The number of piperidine rings is 1. The van der Waals surface area contributed by atoms with Gasteiger partial charge in [0.15, 0.2) is 5.78 Å². The van der Waals surface area contributed by atoms with Crippen LogP contribution in [0.5, 0.6) is 5.75 Å². The number of Topliss-reactive ketones (excluding diaryl/α,β-unsaturated/α-hetero) is 1. The van der Waals surface area contributed by atoms with Gasteiger partial charge < -0.3 is 10.0 Å². The van der Waals surface area contributed by atoms with Crippen LogP contribution in [0.4, 0.5) is 0 Å². The van der Waals surface area contributed by atoms with Gasteiger partial charge in [-0.25, -0.2) is 0 Å². The lowest BCUT2D eigenvalue weighted by atomic mass is 9.51. The van der Waals surface area contributed by atoms with Crippen molar-refractivity contribution in [3.8, 4) is 5.75 Å². The standard InChI is InChI=1S/C30H31NO3/c1-29(2)27-19-23-24(10-7-11-25(23)32)30(29,3)16-17-31(27)28(34)22-14-12-21(13-15-22)26(33)18-20-8-5-4-6-9-20/h4-15,27,32H,16-19H2,1-3H3/t27-,30+/m1/s1. The zero-order chi connectivity index (χ0) is 24.1. The van der Waals surface area contributed by atoms with Crippen molar-refractivity contribution >= 4 is 11.7 Å². The summed E-state index contributed by atoms with van der Waals surface area (Å²) in [7, 11) is 0. The van der Waals surface area contributed by atoms with Gasteiger partial charge in [0.2, 0.25) is 0 Å². The predicted octanol–water partition coefficient (Wildman–Crippen LogP) is 5.57. The Morgan fingerprint density at radius 2 is 1.59 bits per heavy atom. The lowest BCUT2D eigenvalue weighted by molar-refractivity contribution is -0.0266.